The van der Waals surface area contributed by atoms with Crippen molar-refractivity contribution >= 4 is 24.1 Å². The molecule has 2 rings (SSSR count). The summed E-state index contributed by atoms with van der Waals surface area (Å²) in [6.07, 6.45) is 9.68. The van der Waals surface area contributed by atoms with Crippen molar-refractivity contribution in [3.63, 3.8) is 0 Å². The molecule has 1 fully saturated rings. The van der Waals surface area contributed by atoms with Gasteiger partial charge in [0, 0.05) is 17.4 Å². The lowest BCUT2D eigenvalue weighted by Crippen LogP contribution is -2.44. The monoisotopic (exact) mass is 457 g/mol. The second-order valence-electron chi connectivity index (χ2n) is 9.33. The Labute approximate surface area is 198 Å². The molecule has 1 heterocycles. The van der Waals surface area contributed by atoms with E-state index >= 15 is 0 Å². The quantitative estimate of drug-likeness (QED) is 0.173. The van der Waals surface area contributed by atoms with Crippen molar-refractivity contribution in [3.05, 3.63) is 35.9 Å². The molecule has 0 radical (unpaired) electrons. The minimum Gasteiger partial charge on any atom is -0.447 e. The van der Waals surface area contributed by atoms with E-state index in [4.69, 9.17) is 4.74 Å². The fourth-order valence-corrected chi connectivity index (χ4v) is 4.50. The van der Waals surface area contributed by atoms with Crippen LogP contribution in [0.15, 0.2) is 30.3 Å². The molecule has 2 atom stereocenters. The van der Waals surface area contributed by atoms with E-state index in [1.807, 2.05) is 37.3 Å². The molecule has 0 aromatic heterocycles. The zero-order chi connectivity index (χ0) is 24.1. The molecule has 0 bridgehead atoms. The molecule has 0 saturated carbocycles. The van der Waals surface area contributed by atoms with Gasteiger partial charge in [-0.2, -0.15) is 0 Å². The van der Waals surface area contributed by atoms with Gasteiger partial charge in [-0.3, -0.25) is 9.59 Å². The minimum atomic E-state index is -0.770. The molecule has 0 N–H and O–H groups in total. The Morgan fingerprint density at radius 2 is 1.73 bits per heavy atom. The van der Waals surface area contributed by atoms with E-state index in [9.17, 15) is 19.2 Å². The number of amides is 2. The summed E-state index contributed by atoms with van der Waals surface area (Å²) in [5.74, 6) is -0.587. The first-order chi connectivity index (χ1) is 15.9. The summed E-state index contributed by atoms with van der Waals surface area (Å²) in [5.41, 5.74) is 0.00436. The molecule has 1 aromatic rings. The molecule has 1 aromatic carbocycles. The van der Waals surface area contributed by atoms with Crippen LogP contribution in [0.3, 0.4) is 0 Å². The Hall–Kier alpha value is -2.50. The lowest BCUT2D eigenvalue weighted by molar-refractivity contribution is -0.140. The third-order valence-corrected chi connectivity index (χ3v) is 6.70. The molecule has 0 unspecified atom stereocenters. The molecule has 33 heavy (non-hydrogen) atoms. The van der Waals surface area contributed by atoms with E-state index in [-0.39, 0.29) is 24.8 Å². The predicted octanol–water partition coefficient (Wildman–Crippen LogP) is 5.98. The van der Waals surface area contributed by atoms with Crippen LogP contribution < -0.4 is 0 Å². The number of carbonyl (C=O) groups is 4. The van der Waals surface area contributed by atoms with Crippen molar-refractivity contribution in [1.82, 2.24) is 4.90 Å². The lowest BCUT2D eigenvalue weighted by Gasteiger charge is -2.33. The van der Waals surface area contributed by atoms with Gasteiger partial charge in [0.15, 0.2) is 5.78 Å². The molecule has 1 saturated heterocycles. The molecule has 0 aliphatic carbocycles. The van der Waals surface area contributed by atoms with Gasteiger partial charge >= 0.3 is 6.09 Å². The van der Waals surface area contributed by atoms with Crippen LogP contribution in [0.25, 0.3) is 0 Å². The van der Waals surface area contributed by atoms with E-state index in [0.717, 1.165) is 63.2 Å². The highest BCUT2D eigenvalue weighted by atomic mass is 16.6. The zero-order valence-electron chi connectivity index (χ0n) is 20.2. The second kappa shape index (κ2) is 13.9. The maximum Gasteiger partial charge on any atom is 0.416 e. The average Bonchev–Trinajstić information content (AvgIpc) is 3.27. The molecule has 1 aliphatic rings. The van der Waals surface area contributed by atoms with E-state index < -0.39 is 17.4 Å². The first-order valence-corrected chi connectivity index (χ1v) is 12.5. The van der Waals surface area contributed by atoms with Gasteiger partial charge in [-0.1, -0.05) is 89.1 Å². The van der Waals surface area contributed by atoms with Gasteiger partial charge < -0.3 is 9.53 Å². The molecule has 2 amide bonds. The fourth-order valence-electron chi connectivity index (χ4n) is 4.50. The summed E-state index contributed by atoms with van der Waals surface area (Å²) >= 11 is 0. The Kier molecular flexibility index (Phi) is 11.3. The molecular weight excluding hydrogens is 418 g/mol. The summed E-state index contributed by atoms with van der Waals surface area (Å²) in [5, 5.41) is 0. The summed E-state index contributed by atoms with van der Waals surface area (Å²) in [7, 11) is 0. The maximum atomic E-state index is 13.1. The number of hydrogen-bond donors (Lipinski definition) is 0. The number of cyclic esters (lactones) is 1. The van der Waals surface area contributed by atoms with Crippen LogP contribution in [0.2, 0.25) is 0 Å². The highest BCUT2D eigenvalue weighted by molar-refractivity contribution is 5.96. The van der Waals surface area contributed by atoms with Crippen LogP contribution in [-0.4, -0.2) is 42.1 Å². The van der Waals surface area contributed by atoms with Crippen molar-refractivity contribution in [2.24, 2.45) is 11.3 Å². The molecule has 6 nitrogen and oxygen atoms in total. The number of benzene rings is 1. The number of Topliss-reactive ketones (excluding diaryl/α,β-unsaturated/α-hetero) is 1. The Morgan fingerprint density at radius 3 is 2.33 bits per heavy atom. The SMILES string of the molecule is CCCC[C@](C)(C=O)[C@H](CCCCCCCCC(=O)c1ccccc1)C(=O)N1CCOC1=O. The van der Waals surface area contributed by atoms with E-state index in [1.165, 1.54) is 4.90 Å². The minimum absolute atomic E-state index is 0.192. The highest BCUT2D eigenvalue weighted by Gasteiger charge is 2.43. The van der Waals surface area contributed by atoms with Crippen LogP contribution in [0.4, 0.5) is 4.79 Å². The van der Waals surface area contributed by atoms with Crippen LogP contribution in [0, 0.1) is 11.3 Å². The summed E-state index contributed by atoms with van der Waals surface area (Å²) in [6, 6.07) is 9.39. The summed E-state index contributed by atoms with van der Waals surface area (Å²) < 4.78 is 4.94. The number of imide groups is 1. The maximum absolute atomic E-state index is 13.1. The Morgan fingerprint density at radius 1 is 1.06 bits per heavy atom. The zero-order valence-corrected chi connectivity index (χ0v) is 20.2. The number of ether oxygens (including phenoxy) is 1. The van der Waals surface area contributed by atoms with Crippen LogP contribution in [0.5, 0.6) is 0 Å². The highest BCUT2D eigenvalue weighted by Crippen LogP contribution is 2.36. The first kappa shape index (κ1) is 26.7. The van der Waals surface area contributed by atoms with Crippen molar-refractivity contribution in [2.75, 3.05) is 13.2 Å². The molecule has 0 spiro atoms. The van der Waals surface area contributed by atoms with Gasteiger partial charge in [0.1, 0.15) is 12.9 Å². The topological polar surface area (TPSA) is 80.8 Å². The molecule has 6 heteroatoms. The van der Waals surface area contributed by atoms with Gasteiger partial charge in [-0.15, -0.1) is 0 Å². The van der Waals surface area contributed by atoms with Crippen molar-refractivity contribution in [2.45, 2.75) is 84.5 Å². The number of hydrogen-bond acceptors (Lipinski definition) is 5. The van der Waals surface area contributed by atoms with E-state index in [1.54, 1.807) is 0 Å². The van der Waals surface area contributed by atoms with Crippen LogP contribution >= 0.6 is 0 Å². The number of carbonyl (C=O) groups excluding carboxylic acids is 4. The third kappa shape index (κ3) is 8.09. The number of aldehydes is 1. The summed E-state index contributed by atoms with van der Waals surface area (Å²) in [4.78, 5) is 50.4. The number of nitrogens with zero attached hydrogens (tertiary/aromatic N) is 1. The van der Waals surface area contributed by atoms with Gasteiger partial charge in [0.05, 0.1) is 12.5 Å². The first-order valence-electron chi connectivity index (χ1n) is 12.5. The predicted molar refractivity (Wildman–Crippen MR) is 128 cm³/mol. The Balaban J connectivity index is 1.77. The van der Waals surface area contributed by atoms with Crippen LogP contribution in [0.1, 0.15) is 94.8 Å². The van der Waals surface area contributed by atoms with E-state index in [2.05, 4.69) is 6.92 Å². The fraction of sp³-hybridized carbons (Fsp3) is 0.630. The largest absolute Gasteiger partial charge is 0.447 e. The van der Waals surface area contributed by atoms with Crippen molar-refractivity contribution in [3.8, 4) is 0 Å². The Bertz CT molecular complexity index is 778. The van der Waals surface area contributed by atoms with Crippen molar-refractivity contribution in [1.29, 1.82) is 0 Å². The van der Waals surface area contributed by atoms with Gasteiger partial charge in [0.2, 0.25) is 5.91 Å². The second-order valence-corrected chi connectivity index (χ2v) is 9.33. The average molecular weight is 458 g/mol. The smallest absolute Gasteiger partial charge is 0.416 e. The van der Waals surface area contributed by atoms with Gasteiger partial charge in [0.25, 0.3) is 0 Å². The van der Waals surface area contributed by atoms with Crippen LogP contribution in [-0.2, 0) is 14.3 Å². The standard InChI is InChI=1S/C27H39NO5/c1-3-4-18-27(2,21-29)23(25(31)28-19-20-33-26(28)32)16-12-7-5-6-8-13-17-24(30)22-14-10-9-11-15-22/h9-11,14-15,21,23H,3-8,12-13,16-20H2,1-2H3/t23-,27-/m1/s1. The molecule has 182 valence electrons. The van der Waals surface area contributed by atoms with Gasteiger partial charge in [-0.25, -0.2) is 9.69 Å². The van der Waals surface area contributed by atoms with Crippen molar-refractivity contribution < 1.29 is 23.9 Å². The number of unbranched alkanes of at least 4 members (excludes halogenated alkanes) is 6. The normalized spacial score (nSPS) is 16.2. The lowest BCUT2D eigenvalue weighted by atomic mass is 9.71. The summed E-state index contributed by atoms with van der Waals surface area (Å²) in [6.45, 7) is 4.39. The molecular formula is C27H39NO5. The van der Waals surface area contributed by atoms with E-state index in [0.29, 0.717) is 19.3 Å². The van der Waals surface area contributed by atoms with Gasteiger partial charge in [-0.05, 0) is 19.3 Å². The third-order valence-electron chi connectivity index (χ3n) is 6.70. The molecule has 1 aliphatic heterocycles. The number of ketones is 1. The number of rotatable bonds is 16.